The summed E-state index contributed by atoms with van der Waals surface area (Å²) in [7, 11) is 1.84. The molecule has 0 bridgehead atoms. The van der Waals surface area contributed by atoms with Crippen LogP contribution in [0.4, 0.5) is 5.82 Å². The third kappa shape index (κ3) is 4.66. The largest absolute Gasteiger partial charge is 0.489 e. The predicted octanol–water partition coefficient (Wildman–Crippen LogP) is 4.34. The zero-order valence-electron chi connectivity index (χ0n) is 17.6. The van der Waals surface area contributed by atoms with E-state index in [9.17, 15) is 9.59 Å². The molecule has 0 unspecified atom stereocenters. The van der Waals surface area contributed by atoms with Gasteiger partial charge in [-0.1, -0.05) is 61.2 Å². The Balaban J connectivity index is 1.60. The number of carbonyl (C=O) groups excluding carboxylic acids is 1. The summed E-state index contributed by atoms with van der Waals surface area (Å²) in [5.41, 5.74) is 2.26. The van der Waals surface area contributed by atoms with Gasteiger partial charge in [0.05, 0.1) is 5.56 Å². The third-order valence-electron chi connectivity index (χ3n) is 5.27. The van der Waals surface area contributed by atoms with E-state index in [4.69, 9.17) is 4.74 Å². The van der Waals surface area contributed by atoms with Gasteiger partial charge in [-0.15, -0.1) is 0 Å². The minimum absolute atomic E-state index is 0.102. The number of fused-ring (bicyclic) bond motifs is 1. The van der Waals surface area contributed by atoms with Crippen molar-refractivity contribution in [2.75, 3.05) is 11.1 Å². The zero-order chi connectivity index (χ0) is 21.8. The van der Waals surface area contributed by atoms with E-state index in [0.717, 1.165) is 29.1 Å². The molecule has 2 aromatic carbocycles. The summed E-state index contributed by atoms with van der Waals surface area (Å²) in [6.45, 7) is 2.56. The fourth-order valence-electron chi connectivity index (χ4n) is 3.68. The monoisotopic (exact) mass is 435 g/mol. The molecular weight excluding hydrogens is 410 g/mol. The van der Waals surface area contributed by atoms with E-state index in [1.165, 1.54) is 11.8 Å². The minimum Gasteiger partial charge on any atom is -0.489 e. The predicted molar refractivity (Wildman–Crippen MR) is 123 cm³/mol. The molecule has 0 radical (unpaired) electrons. The van der Waals surface area contributed by atoms with Crippen LogP contribution in [-0.2, 0) is 18.4 Å². The van der Waals surface area contributed by atoms with Gasteiger partial charge in [-0.3, -0.25) is 9.59 Å². The minimum atomic E-state index is -0.330. The van der Waals surface area contributed by atoms with Crippen LogP contribution >= 0.6 is 11.8 Å². The second-order valence-corrected chi connectivity index (χ2v) is 8.58. The second kappa shape index (κ2) is 9.39. The number of benzene rings is 2. The van der Waals surface area contributed by atoms with Crippen molar-refractivity contribution < 1.29 is 9.53 Å². The van der Waals surface area contributed by atoms with Crippen molar-refractivity contribution in [3.63, 3.8) is 0 Å². The topological polar surface area (TPSA) is 73.2 Å². The highest BCUT2D eigenvalue weighted by Crippen LogP contribution is 2.36. The van der Waals surface area contributed by atoms with Gasteiger partial charge in [0.2, 0.25) is 5.91 Å². The first-order chi connectivity index (χ1) is 15.1. The SMILES string of the molecule is CCCSc1nc(=O)c2c(n1C)NC(=O)C[C@H]2c1ccc(OCc2ccccc2)cc1. The molecule has 0 aliphatic carbocycles. The first-order valence-electron chi connectivity index (χ1n) is 10.4. The summed E-state index contributed by atoms with van der Waals surface area (Å²) < 4.78 is 7.68. The molecule has 0 spiro atoms. The molecule has 1 aliphatic rings. The lowest BCUT2D eigenvalue weighted by Crippen LogP contribution is -2.33. The molecule has 6 nitrogen and oxygen atoms in total. The fraction of sp³-hybridized carbons (Fsp3) is 0.292. The Morgan fingerprint density at radius 3 is 2.58 bits per heavy atom. The number of anilines is 1. The van der Waals surface area contributed by atoms with Crippen molar-refractivity contribution in [2.45, 2.75) is 37.4 Å². The quantitative estimate of drug-likeness (QED) is 0.442. The maximum atomic E-state index is 12.9. The first kappa shape index (κ1) is 21.2. The van der Waals surface area contributed by atoms with Crippen molar-refractivity contribution in [3.8, 4) is 5.75 Å². The van der Waals surface area contributed by atoms with Crippen LogP contribution in [0.3, 0.4) is 0 Å². The van der Waals surface area contributed by atoms with Gasteiger partial charge in [-0.2, -0.15) is 4.98 Å². The van der Waals surface area contributed by atoms with Crippen LogP contribution in [0, 0.1) is 0 Å². The Morgan fingerprint density at radius 1 is 1.13 bits per heavy atom. The van der Waals surface area contributed by atoms with Gasteiger partial charge in [0.1, 0.15) is 18.2 Å². The van der Waals surface area contributed by atoms with Crippen molar-refractivity contribution in [3.05, 3.63) is 81.6 Å². The van der Waals surface area contributed by atoms with E-state index in [2.05, 4.69) is 17.2 Å². The number of nitrogens with one attached hydrogen (secondary N) is 1. The summed E-state index contributed by atoms with van der Waals surface area (Å²) in [4.78, 5) is 29.6. The third-order valence-corrected chi connectivity index (χ3v) is 6.50. The van der Waals surface area contributed by atoms with E-state index in [1.54, 1.807) is 0 Å². The van der Waals surface area contributed by atoms with Crippen LogP contribution in [0.2, 0.25) is 0 Å². The second-order valence-electron chi connectivity index (χ2n) is 7.52. The van der Waals surface area contributed by atoms with Crippen LogP contribution in [0.15, 0.2) is 64.5 Å². The molecule has 4 rings (SSSR count). The van der Waals surface area contributed by atoms with Crippen molar-refractivity contribution in [2.24, 2.45) is 7.05 Å². The highest BCUT2D eigenvalue weighted by Gasteiger charge is 2.32. The normalized spacial score (nSPS) is 15.3. The number of aromatic nitrogens is 2. The zero-order valence-corrected chi connectivity index (χ0v) is 18.4. The van der Waals surface area contributed by atoms with Gasteiger partial charge in [-0.05, 0) is 29.7 Å². The number of rotatable bonds is 7. The Bertz CT molecular complexity index is 1130. The molecule has 1 N–H and O–H groups in total. The van der Waals surface area contributed by atoms with Gasteiger partial charge in [0.25, 0.3) is 5.56 Å². The number of thioether (sulfide) groups is 1. The molecule has 2 heterocycles. The summed E-state index contributed by atoms with van der Waals surface area (Å²) >= 11 is 1.52. The highest BCUT2D eigenvalue weighted by molar-refractivity contribution is 7.99. The number of amides is 1. The lowest BCUT2D eigenvalue weighted by Gasteiger charge is -2.27. The molecule has 1 atom stereocenters. The Kier molecular flexibility index (Phi) is 6.42. The average molecular weight is 436 g/mol. The number of carbonyl (C=O) groups is 1. The highest BCUT2D eigenvalue weighted by atomic mass is 32.2. The summed E-state index contributed by atoms with van der Waals surface area (Å²) in [6, 6.07) is 17.6. The number of ether oxygens (including phenoxy) is 1. The smallest absolute Gasteiger partial charge is 0.279 e. The lowest BCUT2D eigenvalue weighted by molar-refractivity contribution is -0.116. The average Bonchev–Trinajstić information content (AvgIpc) is 2.79. The number of hydrogen-bond acceptors (Lipinski definition) is 5. The van der Waals surface area contributed by atoms with E-state index in [0.29, 0.717) is 23.1 Å². The molecule has 0 saturated heterocycles. The molecule has 7 heteroatoms. The van der Waals surface area contributed by atoms with Crippen LogP contribution in [-0.4, -0.2) is 21.2 Å². The first-order valence-corrected chi connectivity index (χ1v) is 11.4. The van der Waals surface area contributed by atoms with Gasteiger partial charge in [-0.25, -0.2) is 0 Å². The standard InChI is InChI=1S/C24H25N3O3S/c1-3-13-31-24-26-23(29)21-19(14-20(28)25-22(21)27(24)2)17-9-11-18(12-10-17)30-15-16-7-5-4-6-8-16/h4-12,19H,3,13-15H2,1-2H3,(H,25,28)/t19-/m0/s1. The van der Waals surface area contributed by atoms with E-state index < -0.39 is 0 Å². The molecule has 1 aromatic heterocycles. The molecular formula is C24H25N3O3S. The molecule has 0 saturated carbocycles. The van der Waals surface area contributed by atoms with Crippen LogP contribution in [0.25, 0.3) is 0 Å². The number of hydrogen-bond donors (Lipinski definition) is 1. The van der Waals surface area contributed by atoms with E-state index in [-0.39, 0.29) is 23.8 Å². The Labute approximate surface area is 185 Å². The van der Waals surface area contributed by atoms with E-state index in [1.807, 2.05) is 66.2 Å². The van der Waals surface area contributed by atoms with Crippen molar-refractivity contribution in [1.82, 2.24) is 9.55 Å². The molecule has 0 fully saturated rings. The van der Waals surface area contributed by atoms with Crippen LogP contribution in [0.5, 0.6) is 5.75 Å². The van der Waals surface area contributed by atoms with Gasteiger partial charge in [0.15, 0.2) is 5.16 Å². The molecule has 160 valence electrons. The van der Waals surface area contributed by atoms with E-state index >= 15 is 0 Å². The van der Waals surface area contributed by atoms with Gasteiger partial charge < -0.3 is 14.6 Å². The van der Waals surface area contributed by atoms with Crippen LogP contribution in [0.1, 0.15) is 42.4 Å². The Hall–Kier alpha value is -3.06. The summed E-state index contributed by atoms with van der Waals surface area (Å²) in [5, 5.41) is 3.50. The summed E-state index contributed by atoms with van der Waals surface area (Å²) in [6.07, 6.45) is 1.20. The van der Waals surface area contributed by atoms with Gasteiger partial charge in [0, 0.05) is 25.1 Å². The molecule has 31 heavy (non-hydrogen) atoms. The summed E-state index contributed by atoms with van der Waals surface area (Å²) in [5.74, 6) is 1.72. The maximum Gasteiger partial charge on any atom is 0.279 e. The molecule has 1 amide bonds. The van der Waals surface area contributed by atoms with Gasteiger partial charge >= 0.3 is 0 Å². The van der Waals surface area contributed by atoms with Crippen molar-refractivity contribution >= 4 is 23.5 Å². The fourth-order valence-corrected chi connectivity index (χ4v) is 4.50. The molecule has 1 aliphatic heterocycles. The maximum absolute atomic E-state index is 12.9. The molecule has 3 aromatic rings. The lowest BCUT2D eigenvalue weighted by atomic mass is 9.87. The van der Waals surface area contributed by atoms with Crippen LogP contribution < -0.4 is 15.6 Å². The Morgan fingerprint density at radius 2 is 1.87 bits per heavy atom. The number of nitrogens with zero attached hydrogens (tertiary/aromatic N) is 2. The van der Waals surface area contributed by atoms with Crippen molar-refractivity contribution in [1.29, 1.82) is 0 Å².